The van der Waals surface area contributed by atoms with Gasteiger partial charge in [-0.1, -0.05) is 6.07 Å². The van der Waals surface area contributed by atoms with Gasteiger partial charge in [-0.3, -0.25) is 9.59 Å². The molecular formula is C26H31NO7. The van der Waals surface area contributed by atoms with Crippen molar-refractivity contribution in [2.24, 2.45) is 0 Å². The van der Waals surface area contributed by atoms with Gasteiger partial charge < -0.3 is 29.3 Å². The predicted molar refractivity (Wildman–Crippen MR) is 127 cm³/mol. The molecule has 3 rings (SSSR count). The van der Waals surface area contributed by atoms with Crippen LogP contribution in [0.15, 0.2) is 35.9 Å². The van der Waals surface area contributed by atoms with Gasteiger partial charge in [0.1, 0.15) is 11.5 Å². The molecule has 8 heteroatoms. The zero-order valence-corrected chi connectivity index (χ0v) is 20.3. The number of phenols is 1. The fraction of sp³-hybridized carbons (Fsp3) is 0.385. The summed E-state index contributed by atoms with van der Waals surface area (Å²) in [5.41, 5.74) is 2.30. The SMILES string of the molecule is COc1cc(C)c(/C(O)=C2\C(=O)C(=O)N(CCOC(C)C)C2c2ccc(OC)c(O)c2)cc1C. The van der Waals surface area contributed by atoms with Gasteiger partial charge in [0.15, 0.2) is 11.5 Å². The number of aryl methyl sites for hydroxylation is 2. The summed E-state index contributed by atoms with van der Waals surface area (Å²) in [5.74, 6) is -1.05. The number of phenolic OH excluding ortho intramolecular Hbond substituents is 1. The number of ketones is 1. The van der Waals surface area contributed by atoms with E-state index >= 15 is 0 Å². The lowest BCUT2D eigenvalue weighted by atomic mass is 9.93. The van der Waals surface area contributed by atoms with Crippen LogP contribution in [0.2, 0.25) is 0 Å². The Hall–Kier alpha value is -3.52. The Bertz CT molecular complexity index is 1140. The second-order valence-corrected chi connectivity index (χ2v) is 8.48. The van der Waals surface area contributed by atoms with Crippen molar-refractivity contribution < 1.29 is 34.0 Å². The molecule has 1 fully saturated rings. The lowest BCUT2D eigenvalue weighted by molar-refractivity contribution is -0.140. The number of aliphatic hydroxyl groups is 1. The Kier molecular flexibility index (Phi) is 7.51. The number of benzene rings is 2. The minimum Gasteiger partial charge on any atom is -0.507 e. The predicted octanol–water partition coefficient (Wildman–Crippen LogP) is 3.87. The Labute approximate surface area is 199 Å². The third kappa shape index (κ3) is 4.72. The molecule has 0 aromatic heterocycles. The van der Waals surface area contributed by atoms with Crippen molar-refractivity contribution in [3.63, 3.8) is 0 Å². The molecule has 2 aromatic rings. The molecule has 34 heavy (non-hydrogen) atoms. The minimum atomic E-state index is -0.908. The molecule has 0 aliphatic carbocycles. The van der Waals surface area contributed by atoms with Crippen molar-refractivity contribution in [2.75, 3.05) is 27.4 Å². The van der Waals surface area contributed by atoms with Gasteiger partial charge in [-0.05, 0) is 68.7 Å². The number of ether oxygens (including phenoxy) is 3. The molecule has 1 saturated heterocycles. The highest BCUT2D eigenvalue weighted by molar-refractivity contribution is 6.46. The highest BCUT2D eigenvalue weighted by Gasteiger charge is 2.46. The molecule has 1 aliphatic rings. The van der Waals surface area contributed by atoms with Gasteiger partial charge in [-0.25, -0.2) is 0 Å². The number of carbonyl (C=O) groups excluding carboxylic acids is 2. The molecule has 182 valence electrons. The first kappa shape index (κ1) is 25.1. The zero-order valence-electron chi connectivity index (χ0n) is 20.3. The van der Waals surface area contributed by atoms with Crippen molar-refractivity contribution in [3.05, 3.63) is 58.2 Å². The van der Waals surface area contributed by atoms with E-state index in [1.54, 1.807) is 38.3 Å². The highest BCUT2D eigenvalue weighted by atomic mass is 16.5. The van der Waals surface area contributed by atoms with Crippen LogP contribution < -0.4 is 9.47 Å². The number of hydrogen-bond donors (Lipinski definition) is 2. The van der Waals surface area contributed by atoms with Crippen LogP contribution in [0.3, 0.4) is 0 Å². The average Bonchev–Trinajstić information content (AvgIpc) is 3.04. The van der Waals surface area contributed by atoms with E-state index in [0.29, 0.717) is 22.4 Å². The Balaban J connectivity index is 2.18. The zero-order chi connectivity index (χ0) is 25.2. The van der Waals surface area contributed by atoms with E-state index in [0.717, 1.165) is 5.56 Å². The van der Waals surface area contributed by atoms with Crippen LogP contribution in [0, 0.1) is 13.8 Å². The summed E-state index contributed by atoms with van der Waals surface area (Å²) in [6, 6.07) is 7.23. The number of nitrogens with zero attached hydrogens (tertiary/aromatic N) is 1. The summed E-state index contributed by atoms with van der Waals surface area (Å²) in [5, 5.41) is 21.7. The number of aromatic hydroxyl groups is 1. The number of Topliss-reactive ketones (excluding diaryl/α,β-unsaturated/α-hetero) is 1. The molecule has 1 aliphatic heterocycles. The largest absolute Gasteiger partial charge is 0.507 e. The monoisotopic (exact) mass is 469 g/mol. The van der Waals surface area contributed by atoms with Crippen molar-refractivity contribution in [1.82, 2.24) is 4.90 Å². The lowest BCUT2D eigenvalue weighted by Crippen LogP contribution is -2.33. The van der Waals surface area contributed by atoms with E-state index < -0.39 is 17.7 Å². The third-order valence-electron chi connectivity index (χ3n) is 5.84. The van der Waals surface area contributed by atoms with Crippen LogP contribution in [0.5, 0.6) is 17.2 Å². The van der Waals surface area contributed by atoms with Gasteiger partial charge >= 0.3 is 0 Å². The molecule has 1 heterocycles. The van der Waals surface area contributed by atoms with E-state index in [1.165, 1.54) is 18.1 Å². The normalized spacial score (nSPS) is 17.5. The molecule has 2 aromatic carbocycles. The van der Waals surface area contributed by atoms with Gasteiger partial charge in [-0.2, -0.15) is 0 Å². The van der Waals surface area contributed by atoms with Crippen molar-refractivity contribution in [1.29, 1.82) is 0 Å². The van der Waals surface area contributed by atoms with Gasteiger partial charge in [0.2, 0.25) is 0 Å². The van der Waals surface area contributed by atoms with Gasteiger partial charge in [0.05, 0.1) is 38.5 Å². The number of carbonyl (C=O) groups is 2. The molecule has 8 nitrogen and oxygen atoms in total. The Morgan fingerprint density at radius 1 is 1.03 bits per heavy atom. The summed E-state index contributed by atoms with van der Waals surface area (Å²) in [4.78, 5) is 27.6. The molecule has 0 radical (unpaired) electrons. The standard InChI is InChI=1S/C26H31NO7/c1-14(2)34-10-9-27-23(17-7-8-20(32-5)19(28)13-17)22(25(30)26(27)31)24(29)18-11-16(4)21(33-6)12-15(18)3/h7-8,11-14,23,28-29H,9-10H2,1-6H3/b24-22+. The topological polar surface area (TPSA) is 106 Å². The number of rotatable bonds is 8. The van der Waals surface area contributed by atoms with Crippen molar-refractivity contribution in [3.8, 4) is 17.2 Å². The number of aliphatic hydroxyl groups excluding tert-OH is 1. The summed E-state index contributed by atoms with van der Waals surface area (Å²) < 4.78 is 16.1. The number of methoxy groups -OCH3 is 2. The maximum absolute atomic E-state index is 13.2. The van der Waals surface area contributed by atoms with Crippen LogP contribution in [-0.2, 0) is 14.3 Å². The first-order valence-electron chi connectivity index (χ1n) is 11.0. The number of likely N-dealkylation sites (tertiary alicyclic amines) is 1. The van der Waals surface area contributed by atoms with Gasteiger partial charge in [0, 0.05) is 12.1 Å². The van der Waals surface area contributed by atoms with E-state index in [2.05, 4.69) is 0 Å². The van der Waals surface area contributed by atoms with E-state index in [9.17, 15) is 19.8 Å². The third-order valence-corrected chi connectivity index (χ3v) is 5.84. The van der Waals surface area contributed by atoms with E-state index in [1.807, 2.05) is 20.8 Å². The van der Waals surface area contributed by atoms with Crippen LogP contribution in [-0.4, -0.2) is 60.3 Å². The molecule has 1 atom stereocenters. The summed E-state index contributed by atoms with van der Waals surface area (Å²) in [7, 11) is 2.99. The molecule has 0 saturated carbocycles. The van der Waals surface area contributed by atoms with Crippen molar-refractivity contribution in [2.45, 2.75) is 39.8 Å². The van der Waals surface area contributed by atoms with Gasteiger partial charge in [-0.15, -0.1) is 0 Å². The summed E-state index contributed by atoms with van der Waals surface area (Å²) in [6.45, 7) is 7.72. The van der Waals surface area contributed by atoms with E-state index in [-0.39, 0.29) is 42.1 Å². The first-order valence-corrected chi connectivity index (χ1v) is 11.0. The number of amides is 1. The first-order chi connectivity index (χ1) is 16.1. The van der Waals surface area contributed by atoms with Crippen LogP contribution >= 0.6 is 0 Å². The minimum absolute atomic E-state index is 0.0493. The fourth-order valence-corrected chi connectivity index (χ4v) is 4.13. The molecular weight excluding hydrogens is 438 g/mol. The molecule has 1 unspecified atom stereocenters. The second kappa shape index (κ2) is 10.2. The van der Waals surface area contributed by atoms with E-state index in [4.69, 9.17) is 14.2 Å². The molecule has 0 spiro atoms. The van der Waals surface area contributed by atoms with Crippen LogP contribution in [0.25, 0.3) is 5.76 Å². The highest BCUT2D eigenvalue weighted by Crippen LogP contribution is 2.42. The van der Waals surface area contributed by atoms with Crippen LogP contribution in [0.4, 0.5) is 0 Å². The van der Waals surface area contributed by atoms with Crippen molar-refractivity contribution >= 4 is 17.4 Å². The summed E-state index contributed by atoms with van der Waals surface area (Å²) >= 11 is 0. The maximum Gasteiger partial charge on any atom is 0.295 e. The van der Waals surface area contributed by atoms with Crippen LogP contribution in [0.1, 0.15) is 42.1 Å². The quantitative estimate of drug-likeness (QED) is 0.343. The van der Waals surface area contributed by atoms with Gasteiger partial charge in [0.25, 0.3) is 11.7 Å². The Morgan fingerprint density at radius 2 is 1.71 bits per heavy atom. The average molecular weight is 470 g/mol. The fourth-order valence-electron chi connectivity index (χ4n) is 4.13. The lowest BCUT2D eigenvalue weighted by Gasteiger charge is -2.26. The molecule has 2 N–H and O–H groups in total. The Morgan fingerprint density at radius 3 is 2.29 bits per heavy atom. The smallest absolute Gasteiger partial charge is 0.295 e. The second-order valence-electron chi connectivity index (χ2n) is 8.48. The maximum atomic E-state index is 13.2. The molecule has 0 bridgehead atoms. The molecule has 1 amide bonds. The number of hydrogen-bond acceptors (Lipinski definition) is 7. The summed E-state index contributed by atoms with van der Waals surface area (Å²) in [6.07, 6.45) is -0.0507.